The standard InChI is InChI=1S/C19H12BrCl2F3N6O/c1-9-4-14(19(23,24)25)31-17(27-9)15(20)16(29-31)18(32)28-11-6-26-30(8-11)7-10-2-3-12(21)13(22)5-10/h2-6,8H,7H2,1H3,(H,28,32). The molecule has 0 radical (unpaired) electrons. The molecule has 32 heavy (non-hydrogen) atoms. The molecule has 3 aromatic heterocycles. The van der Waals surface area contributed by atoms with Gasteiger partial charge >= 0.3 is 6.18 Å². The summed E-state index contributed by atoms with van der Waals surface area (Å²) in [6, 6.07) is 6.01. The first-order valence-electron chi connectivity index (χ1n) is 8.93. The van der Waals surface area contributed by atoms with Crippen LogP contribution in [0.2, 0.25) is 10.0 Å². The van der Waals surface area contributed by atoms with Gasteiger partial charge < -0.3 is 5.32 Å². The Morgan fingerprint density at radius 3 is 2.66 bits per heavy atom. The van der Waals surface area contributed by atoms with Crippen LogP contribution in [0.15, 0.2) is 41.1 Å². The van der Waals surface area contributed by atoms with Gasteiger partial charge in [-0.15, -0.1) is 0 Å². The second-order valence-electron chi connectivity index (χ2n) is 6.81. The Morgan fingerprint density at radius 1 is 1.22 bits per heavy atom. The number of nitrogens with one attached hydrogen (secondary N) is 1. The number of fused-ring (bicyclic) bond motifs is 1. The summed E-state index contributed by atoms with van der Waals surface area (Å²) in [5, 5.41) is 11.4. The van der Waals surface area contributed by atoms with Crippen molar-refractivity contribution in [2.24, 2.45) is 0 Å². The summed E-state index contributed by atoms with van der Waals surface area (Å²) in [7, 11) is 0. The minimum absolute atomic E-state index is 0.0485. The van der Waals surface area contributed by atoms with E-state index in [1.54, 1.807) is 29.1 Å². The van der Waals surface area contributed by atoms with Crippen molar-refractivity contribution in [3.8, 4) is 0 Å². The molecule has 7 nitrogen and oxygen atoms in total. The van der Waals surface area contributed by atoms with Gasteiger partial charge in [-0.25, -0.2) is 9.50 Å². The number of carbonyl (C=O) groups is 1. The first kappa shape index (κ1) is 22.6. The van der Waals surface area contributed by atoms with E-state index >= 15 is 0 Å². The minimum atomic E-state index is -4.67. The van der Waals surface area contributed by atoms with Gasteiger partial charge in [-0.2, -0.15) is 23.4 Å². The quantitative estimate of drug-likeness (QED) is 0.359. The van der Waals surface area contributed by atoms with Gasteiger partial charge in [-0.05, 0) is 46.6 Å². The molecule has 4 rings (SSSR count). The van der Waals surface area contributed by atoms with Crippen LogP contribution in [0.4, 0.5) is 18.9 Å². The average molecular weight is 548 g/mol. The molecule has 0 saturated carbocycles. The third-order valence-corrected chi connectivity index (χ3v) is 5.86. The summed E-state index contributed by atoms with van der Waals surface area (Å²) < 4.78 is 42.4. The fourth-order valence-corrected chi connectivity index (χ4v) is 3.83. The number of halogens is 6. The number of aromatic nitrogens is 5. The molecule has 0 aliphatic carbocycles. The lowest BCUT2D eigenvalue weighted by molar-refractivity contribution is -0.142. The fourth-order valence-electron chi connectivity index (χ4n) is 2.99. The molecule has 0 bridgehead atoms. The van der Waals surface area contributed by atoms with Crippen molar-refractivity contribution in [3.05, 3.63) is 73.8 Å². The Balaban J connectivity index is 1.58. The van der Waals surface area contributed by atoms with E-state index in [0.29, 0.717) is 26.8 Å². The Bertz CT molecular complexity index is 1350. The van der Waals surface area contributed by atoms with Crippen molar-refractivity contribution in [1.82, 2.24) is 24.4 Å². The zero-order valence-corrected chi connectivity index (χ0v) is 19.2. The van der Waals surface area contributed by atoms with Crippen LogP contribution in [0.5, 0.6) is 0 Å². The Kier molecular flexibility index (Phi) is 5.91. The summed E-state index contributed by atoms with van der Waals surface area (Å²) in [5.74, 6) is -0.720. The molecule has 0 atom stereocenters. The number of aryl methyl sites for hydroxylation is 1. The predicted octanol–water partition coefficient (Wildman–Crippen LogP) is 5.62. The SMILES string of the molecule is Cc1cc(C(F)(F)F)n2nc(C(=O)Nc3cnn(Cc4ccc(Cl)c(Cl)c4)c3)c(Br)c2n1. The molecule has 3 heterocycles. The lowest BCUT2D eigenvalue weighted by Gasteiger charge is -2.09. The van der Waals surface area contributed by atoms with E-state index in [4.69, 9.17) is 23.2 Å². The molecule has 166 valence electrons. The highest BCUT2D eigenvalue weighted by molar-refractivity contribution is 9.10. The Labute approximate surface area is 197 Å². The van der Waals surface area contributed by atoms with Gasteiger partial charge in [0.15, 0.2) is 11.3 Å². The van der Waals surface area contributed by atoms with Crippen molar-refractivity contribution in [3.63, 3.8) is 0 Å². The Hall–Kier alpha value is -2.63. The first-order chi connectivity index (χ1) is 15.0. The molecule has 1 amide bonds. The number of hydrogen-bond donors (Lipinski definition) is 1. The van der Waals surface area contributed by atoms with E-state index in [1.807, 2.05) is 0 Å². The van der Waals surface area contributed by atoms with Crippen LogP contribution in [0.1, 0.15) is 27.4 Å². The van der Waals surface area contributed by atoms with Gasteiger partial charge in [0.1, 0.15) is 5.69 Å². The lowest BCUT2D eigenvalue weighted by Crippen LogP contribution is -2.15. The molecule has 0 aliphatic heterocycles. The summed E-state index contributed by atoms with van der Waals surface area (Å²) >= 11 is 15.1. The van der Waals surface area contributed by atoms with E-state index in [1.165, 1.54) is 13.1 Å². The normalized spacial score (nSPS) is 11.8. The second-order valence-corrected chi connectivity index (χ2v) is 8.42. The number of anilines is 1. The smallest absolute Gasteiger partial charge is 0.318 e. The third-order valence-electron chi connectivity index (χ3n) is 4.39. The van der Waals surface area contributed by atoms with Crippen molar-refractivity contribution >= 4 is 56.4 Å². The molecular formula is C19H12BrCl2F3N6O. The third kappa shape index (κ3) is 4.45. The number of benzene rings is 1. The van der Waals surface area contributed by atoms with Crippen LogP contribution >= 0.6 is 39.1 Å². The van der Waals surface area contributed by atoms with Crippen molar-refractivity contribution < 1.29 is 18.0 Å². The Morgan fingerprint density at radius 2 is 1.97 bits per heavy atom. The van der Waals surface area contributed by atoms with Crippen molar-refractivity contribution in [2.75, 3.05) is 5.32 Å². The van der Waals surface area contributed by atoms with Crippen LogP contribution in [0.3, 0.4) is 0 Å². The maximum absolute atomic E-state index is 13.4. The maximum atomic E-state index is 13.4. The highest BCUT2D eigenvalue weighted by atomic mass is 79.9. The molecule has 0 spiro atoms. The van der Waals surface area contributed by atoms with Crippen LogP contribution in [-0.4, -0.2) is 30.3 Å². The summed E-state index contributed by atoms with van der Waals surface area (Å²) in [6.45, 7) is 1.79. The predicted molar refractivity (Wildman–Crippen MR) is 116 cm³/mol. The number of amides is 1. The van der Waals surface area contributed by atoms with Crippen molar-refractivity contribution in [2.45, 2.75) is 19.6 Å². The molecule has 1 N–H and O–H groups in total. The van der Waals surface area contributed by atoms with Gasteiger partial charge in [-0.1, -0.05) is 29.3 Å². The average Bonchev–Trinajstić information content (AvgIpc) is 3.28. The summed E-state index contributed by atoms with van der Waals surface area (Å²) in [4.78, 5) is 16.8. The van der Waals surface area contributed by atoms with Gasteiger partial charge in [0.2, 0.25) is 0 Å². The summed E-state index contributed by atoms with van der Waals surface area (Å²) in [6.07, 6.45) is -1.70. The molecule has 13 heteroatoms. The van der Waals surface area contributed by atoms with Crippen LogP contribution in [0, 0.1) is 6.92 Å². The molecular weight excluding hydrogens is 536 g/mol. The zero-order chi connectivity index (χ0) is 23.2. The lowest BCUT2D eigenvalue weighted by atomic mass is 10.2. The zero-order valence-electron chi connectivity index (χ0n) is 16.1. The van der Waals surface area contributed by atoms with Crippen LogP contribution in [0.25, 0.3) is 5.65 Å². The van der Waals surface area contributed by atoms with E-state index < -0.39 is 17.8 Å². The number of nitrogens with zero attached hydrogens (tertiary/aromatic N) is 5. The molecule has 4 aromatic rings. The van der Waals surface area contributed by atoms with Gasteiger partial charge in [0.05, 0.1) is 32.9 Å². The number of alkyl halides is 3. The molecule has 1 aromatic carbocycles. The van der Waals surface area contributed by atoms with E-state index in [2.05, 4.69) is 36.4 Å². The second kappa shape index (κ2) is 8.38. The number of carbonyl (C=O) groups excluding carboxylic acids is 1. The van der Waals surface area contributed by atoms with E-state index in [-0.39, 0.29) is 21.5 Å². The topological polar surface area (TPSA) is 77.1 Å². The highest BCUT2D eigenvalue weighted by Gasteiger charge is 2.36. The monoisotopic (exact) mass is 546 g/mol. The molecule has 0 fully saturated rings. The fraction of sp³-hybridized carbons (Fsp3) is 0.158. The van der Waals surface area contributed by atoms with Crippen molar-refractivity contribution in [1.29, 1.82) is 0 Å². The highest BCUT2D eigenvalue weighted by Crippen LogP contribution is 2.32. The van der Waals surface area contributed by atoms with Gasteiger partial charge in [-0.3, -0.25) is 9.48 Å². The minimum Gasteiger partial charge on any atom is -0.318 e. The number of rotatable bonds is 4. The molecule has 0 aliphatic rings. The largest absolute Gasteiger partial charge is 0.433 e. The van der Waals surface area contributed by atoms with Gasteiger partial charge in [0, 0.05) is 11.9 Å². The van der Waals surface area contributed by atoms with E-state index in [0.717, 1.165) is 11.6 Å². The first-order valence-corrected chi connectivity index (χ1v) is 10.5. The van der Waals surface area contributed by atoms with Crippen LogP contribution in [-0.2, 0) is 12.7 Å². The molecule has 0 unspecified atom stereocenters. The maximum Gasteiger partial charge on any atom is 0.433 e. The summed E-state index contributed by atoms with van der Waals surface area (Å²) in [5.41, 5.74) is -0.0809. The number of hydrogen-bond acceptors (Lipinski definition) is 4. The van der Waals surface area contributed by atoms with E-state index in [9.17, 15) is 18.0 Å². The molecule has 0 saturated heterocycles. The van der Waals surface area contributed by atoms with Crippen LogP contribution < -0.4 is 5.32 Å². The van der Waals surface area contributed by atoms with Gasteiger partial charge in [0.25, 0.3) is 5.91 Å².